The summed E-state index contributed by atoms with van der Waals surface area (Å²) in [5, 5.41) is 0. The molecule has 0 aromatic carbocycles. The van der Waals surface area contributed by atoms with Crippen LogP contribution in [0.1, 0.15) is 37.7 Å². The molecule has 0 amide bonds. The fourth-order valence-electron chi connectivity index (χ4n) is 0.935. The van der Waals surface area contributed by atoms with E-state index >= 15 is 0 Å². The zero-order valence-electron chi connectivity index (χ0n) is 9.44. The van der Waals surface area contributed by atoms with Crippen LogP contribution < -0.4 is 0 Å². The molecule has 0 aliphatic carbocycles. The summed E-state index contributed by atoms with van der Waals surface area (Å²) in [6, 6.07) is 0. The van der Waals surface area contributed by atoms with Crippen molar-refractivity contribution in [2.45, 2.75) is 39.1 Å². The molecule has 1 heteroatoms. The summed E-state index contributed by atoms with van der Waals surface area (Å²) in [7, 11) is 0. The molecular formula is C8H17N. The summed E-state index contributed by atoms with van der Waals surface area (Å²) < 4.78 is 22.8. The number of hydrogen-bond acceptors (Lipinski definition) is 1. The van der Waals surface area contributed by atoms with Gasteiger partial charge in [0.15, 0.2) is 0 Å². The van der Waals surface area contributed by atoms with E-state index in [0.29, 0.717) is 13.0 Å². The van der Waals surface area contributed by atoms with E-state index in [1.807, 2.05) is 25.7 Å². The smallest absolute Gasteiger partial charge is 0.0431 e. The molecule has 1 saturated heterocycles. The Kier molecular flexibility index (Phi) is 1.01. The highest BCUT2D eigenvalue weighted by atomic mass is 15.2. The van der Waals surface area contributed by atoms with E-state index in [-0.39, 0.29) is 12.1 Å². The summed E-state index contributed by atoms with van der Waals surface area (Å²) in [5.41, 5.74) is -0.0870. The molecule has 1 aliphatic heterocycles. The van der Waals surface area contributed by atoms with Gasteiger partial charge in [-0.05, 0) is 46.6 Å². The molecular weight excluding hydrogens is 110 g/mol. The average Bonchev–Trinajstić information content (AvgIpc) is 2.03. The predicted molar refractivity (Wildman–Crippen MR) is 40.6 cm³/mol. The van der Waals surface area contributed by atoms with Crippen molar-refractivity contribution in [1.29, 1.82) is 0 Å². The van der Waals surface area contributed by atoms with Gasteiger partial charge < -0.3 is 0 Å². The molecule has 1 aliphatic rings. The third-order valence-corrected chi connectivity index (χ3v) is 1.60. The Bertz CT molecular complexity index is 174. The summed E-state index contributed by atoms with van der Waals surface area (Å²) >= 11 is 0. The van der Waals surface area contributed by atoms with Crippen LogP contribution >= 0.6 is 0 Å². The number of rotatable bonds is 0. The minimum atomic E-state index is -1.17. The quantitative estimate of drug-likeness (QED) is 0.484. The van der Waals surface area contributed by atoms with Crippen LogP contribution in [0, 0.1) is 0 Å². The van der Waals surface area contributed by atoms with Crippen LogP contribution in [0.25, 0.3) is 0 Å². The lowest BCUT2D eigenvalue weighted by atomic mass is 10.1. The Labute approximate surface area is 62.3 Å². The van der Waals surface area contributed by atoms with E-state index in [1.165, 1.54) is 0 Å². The average molecular weight is 130 g/mol. The third-order valence-electron chi connectivity index (χ3n) is 1.60. The zero-order chi connectivity index (χ0) is 9.57. The number of likely N-dealkylation sites (tertiary alicyclic amines) is 1. The van der Waals surface area contributed by atoms with Gasteiger partial charge in [-0.1, -0.05) is 0 Å². The standard InChI is InChI=1S/C8H17N/c1-8(2,3)9-6-4-5-7-9/h4-7H2,1-3H3/i4D2,7D. The lowest BCUT2D eigenvalue weighted by Gasteiger charge is -2.31. The molecule has 0 aromatic heterocycles. The van der Waals surface area contributed by atoms with Crippen molar-refractivity contribution in [2.75, 3.05) is 13.1 Å². The Morgan fingerprint density at radius 3 is 2.33 bits per heavy atom. The van der Waals surface area contributed by atoms with Gasteiger partial charge in [-0.25, -0.2) is 0 Å². The zero-order valence-corrected chi connectivity index (χ0v) is 6.44. The molecule has 0 bridgehead atoms. The van der Waals surface area contributed by atoms with Crippen LogP contribution in [0.5, 0.6) is 0 Å². The van der Waals surface area contributed by atoms with Gasteiger partial charge in [-0.2, -0.15) is 0 Å². The first-order valence-electron chi connectivity index (χ1n) is 4.99. The highest BCUT2D eigenvalue weighted by molar-refractivity contribution is 4.79. The van der Waals surface area contributed by atoms with Crippen LogP contribution in [0.3, 0.4) is 0 Å². The SMILES string of the molecule is [2H]C1CC([2H])([2H])CN1C(C)(C)C. The largest absolute Gasteiger partial charge is 0.298 e. The van der Waals surface area contributed by atoms with Gasteiger partial charge in [0, 0.05) is 9.65 Å². The molecule has 9 heavy (non-hydrogen) atoms. The van der Waals surface area contributed by atoms with Gasteiger partial charge in [0.25, 0.3) is 0 Å². The highest BCUT2D eigenvalue weighted by Crippen LogP contribution is 2.19. The molecule has 0 saturated carbocycles. The highest BCUT2D eigenvalue weighted by Gasteiger charge is 2.23. The van der Waals surface area contributed by atoms with Gasteiger partial charge in [0.2, 0.25) is 0 Å². The number of nitrogens with zero attached hydrogens (tertiary/aromatic N) is 1. The second kappa shape index (κ2) is 2.30. The van der Waals surface area contributed by atoms with Crippen LogP contribution in [-0.4, -0.2) is 23.5 Å². The summed E-state index contributed by atoms with van der Waals surface area (Å²) in [6.07, 6.45) is -0.829. The maximum atomic E-state index is 7.69. The molecule has 1 unspecified atom stereocenters. The molecule has 0 spiro atoms. The van der Waals surface area contributed by atoms with Crippen LogP contribution in [0.4, 0.5) is 0 Å². The topological polar surface area (TPSA) is 3.24 Å². The molecule has 0 aromatic rings. The monoisotopic (exact) mass is 130 g/mol. The van der Waals surface area contributed by atoms with Gasteiger partial charge in [-0.3, -0.25) is 4.90 Å². The summed E-state index contributed by atoms with van der Waals surface area (Å²) in [5.74, 6) is 0. The fourth-order valence-corrected chi connectivity index (χ4v) is 0.935. The summed E-state index contributed by atoms with van der Waals surface area (Å²) in [6.45, 7) is 6.09. The maximum Gasteiger partial charge on any atom is 0.0431 e. The van der Waals surface area contributed by atoms with Crippen molar-refractivity contribution >= 4 is 0 Å². The van der Waals surface area contributed by atoms with Gasteiger partial charge in [0.05, 0.1) is 0 Å². The van der Waals surface area contributed by atoms with Crippen molar-refractivity contribution in [3.05, 3.63) is 0 Å². The minimum Gasteiger partial charge on any atom is -0.298 e. The van der Waals surface area contributed by atoms with E-state index in [0.717, 1.165) is 0 Å². The van der Waals surface area contributed by atoms with Crippen molar-refractivity contribution in [2.24, 2.45) is 0 Å². The second-order valence-corrected chi connectivity index (χ2v) is 3.44. The van der Waals surface area contributed by atoms with E-state index in [9.17, 15) is 0 Å². The van der Waals surface area contributed by atoms with Crippen molar-refractivity contribution in [3.8, 4) is 0 Å². The molecule has 0 radical (unpaired) electrons. The van der Waals surface area contributed by atoms with E-state index in [1.54, 1.807) is 0 Å². The van der Waals surface area contributed by atoms with E-state index in [2.05, 4.69) is 0 Å². The number of hydrogen-bond donors (Lipinski definition) is 0. The van der Waals surface area contributed by atoms with Crippen LogP contribution in [0.15, 0.2) is 0 Å². The summed E-state index contributed by atoms with van der Waals surface area (Å²) in [4.78, 5) is 1.91. The van der Waals surface area contributed by atoms with E-state index < -0.39 is 6.37 Å². The van der Waals surface area contributed by atoms with Gasteiger partial charge in [0.1, 0.15) is 0 Å². The first-order valence-corrected chi connectivity index (χ1v) is 3.41. The molecule has 1 atom stereocenters. The third kappa shape index (κ3) is 1.68. The van der Waals surface area contributed by atoms with Gasteiger partial charge in [-0.15, -0.1) is 0 Å². The lowest BCUT2D eigenvalue weighted by Crippen LogP contribution is -2.38. The lowest BCUT2D eigenvalue weighted by molar-refractivity contribution is 0.175. The van der Waals surface area contributed by atoms with Crippen molar-refractivity contribution < 1.29 is 4.11 Å². The molecule has 1 nitrogen and oxygen atoms in total. The Balaban J connectivity index is 2.71. The fraction of sp³-hybridized carbons (Fsp3) is 1.00. The first kappa shape index (κ1) is 3.97. The molecule has 1 heterocycles. The van der Waals surface area contributed by atoms with E-state index in [4.69, 9.17) is 4.11 Å². The molecule has 0 N–H and O–H groups in total. The van der Waals surface area contributed by atoms with Crippen LogP contribution in [0.2, 0.25) is 0 Å². The van der Waals surface area contributed by atoms with Crippen molar-refractivity contribution in [3.63, 3.8) is 0 Å². The molecule has 54 valence electrons. The van der Waals surface area contributed by atoms with Crippen molar-refractivity contribution in [1.82, 2.24) is 4.90 Å². The Morgan fingerprint density at radius 2 is 2.11 bits per heavy atom. The normalized spacial score (nSPS) is 41.7. The van der Waals surface area contributed by atoms with Gasteiger partial charge >= 0.3 is 0 Å². The Morgan fingerprint density at radius 1 is 1.44 bits per heavy atom. The minimum absolute atomic E-state index is 0.0870. The predicted octanol–water partition coefficient (Wildman–Crippen LogP) is 1.88. The second-order valence-electron chi connectivity index (χ2n) is 3.44. The first-order chi connectivity index (χ1) is 5.22. The molecule has 1 fully saturated rings. The Hall–Kier alpha value is -0.0400. The molecule has 1 rings (SSSR count). The van der Waals surface area contributed by atoms with Crippen LogP contribution in [-0.2, 0) is 0 Å². The maximum absolute atomic E-state index is 7.69.